The second kappa shape index (κ2) is 6.02. The topological polar surface area (TPSA) is 62.3 Å². The van der Waals surface area contributed by atoms with E-state index in [0.717, 1.165) is 34.0 Å². The number of ether oxygens (including phenoxy) is 2. The summed E-state index contributed by atoms with van der Waals surface area (Å²) in [6.45, 7) is 0.767. The van der Waals surface area contributed by atoms with Gasteiger partial charge in [-0.05, 0) is 23.8 Å². The lowest BCUT2D eigenvalue weighted by atomic mass is 9.94. The molecule has 3 aromatic rings. The lowest BCUT2D eigenvalue weighted by molar-refractivity contribution is 0.174. The highest BCUT2D eigenvalue weighted by atomic mass is 16.7. The Balaban J connectivity index is 1.72. The monoisotopic (exact) mass is 321 g/mol. The van der Waals surface area contributed by atoms with Gasteiger partial charge in [-0.15, -0.1) is 0 Å². The maximum atomic E-state index is 6.09. The number of hydrogen-bond donors (Lipinski definition) is 1. The third kappa shape index (κ3) is 2.53. The maximum Gasteiger partial charge on any atom is 0.231 e. The number of aromatic nitrogens is 2. The number of fused-ring (bicyclic) bond motifs is 1. The number of nitrogens with two attached hydrogens (primary N) is 1. The summed E-state index contributed by atoms with van der Waals surface area (Å²) in [5, 5.41) is 4.65. The molecule has 0 saturated heterocycles. The van der Waals surface area contributed by atoms with Crippen molar-refractivity contribution in [3.63, 3.8) is 0 Å². The zero-order chi connectivity index (χ0) is 16.5. The summed E-state index contributed by atoms with van der Waals surface area (Å²) in [6.07, 6.45) is 0. The first-order valence-corrected chi connectivity index (χ1v) is 7.95. The van der Waals surface area contributed by atoms with E-state index >= 15 is 0 Å². The van der Waals surface area contributed by atoms with Gasteiger partial charge in [0, 0.05) is 30.8 Å². The van der Waals surface area contributed by atoms with Crippen molar-refractivity contribution < 1.29 is 9.47 Å². The van der Waals surface area contributed by atoms with Crippen LogP contribution in [0.25, 0.3) is 11.3 Å². The van der Waals surface area contributed by atoms with E-state index in [4.69, 9.17) is 15.2 Å². The van der Waals surface area contributed by atoms with E-state index in [-0.39, 0.29) is 12.7 Å². The molecule has 1 aliphatic rings. The first-order chi connectivity index (χ1) is 11.8. The Morgan fingerprint density at radius 1 is 1.08 bits per heavy atom. The summed E-state index contributed by atoms with van der Waals surface area (Å²) in [6, 6.07) is 18.3. The normalized spacial score (nSPS) is 13.9. The standard InChI is InChI=1S/C19H19N3O2/c1-22-17(10-16(21-22)13-5-3-2-4-6-13)15(11-20)14-7-8-18-19(9-14)24-12-23-18/h2-10,15H,11-12,20H2,1H3. The van der Waals surface area contributed by atoms with Crippen LogP contribution >= 0.6 is 0 Å². The van der Waals surface area contributed by atoms with Crippen LogP contribution in [0.1, 0.15) is 17.2 Å². The van der Waals surface area contributed by atoms with Gasteiger partial charge in [-0.2, -0.15) is 5.10 Å². The number of benzene rings is 2. The quantitative estimate of drug-likeness (QED) is 0.802. The summed E-state index contributed by atoms with van der Waals surface area (Å²) in [5.74, 6) is 1.61. The minimum absolute atomic E-state index is 0.0504. The molecule has 0 amide bonds. The second-order valence-corrected chi connectivity index (χ2v) is 5.85. The van der Waals surface area contributed by atoms with Crippen molar-refractivity contribution in [3.05, 3.63) is 65.9 Å². The fraction of sp³-hybridized carbons (Fsp3) is 0.211. The van der Waals surface area contributed by atoms with E-state index in [0.29, 0.717) is 6.54 Å². The van der Waals surface area contributed by atoms with E-state index in [9.17, 15) is 0 Å². The third-order valence-corrected chi connectivity index (χ3v) is 4.38. The highest BCUT2D eigenvalue weighted by molar-refractivity contribution is 5.60. The molecule has 1 unspecified atom stereocenters. The molecule has 0 spiro atoms. The van der Waals surface area contributed by atoms with Crippen molar-refractivity contribution in [2.45, 2.75) is 5.92 Å². The molecule has 5 nitrogen and oxygen atoms in total. The van der Waals surface area contributed by atoms with Crippen LogP contribution in [0.4, 0.5) is 0 Å². The molecule has 2 N–H and O–H groups in total. The predicted octanol–water partition coefficient (Wildman–Crippen LogP) is 2.91. The smallest absolute Gasteiger partial charge is 0.231 e. The summed E-state index contributed by atoms with van der Waals surface area (Å²) >= 11 is 0. The number of hydrogen-bond acceptors (Lipinski definition) is 4. The average molecular weight is 321 g/mol. The van der Waals surface area contributed by atoms with Gasteiger partial charge in [-0.1, -0.05) is 36.4 Å². The molecule has 5 heteroatoms. The van der Waals surface area contributed by atoms with Crippen LogP contribution in [-0.4, -0.2) is 23.1 Å². The van der Waals surface area contributed by atoms with E-state index in [2.05, 4.69) is 23.3 Å². The molecule has 1 atom stereocenters. The maximum absolute atomic E-state index is 6.09. The van der Waals surface area contributed by atoms with Crippen molar-refractivity contribution >= 4 is 0 Å². The fourth-order valence-corrected chi connectivity index (χ4v) is 3.12. The molecule has 4 rings (SSSR count). The number of aryl methyl sites for hydroxylation is 1. The van der Waals surface area contributed by atoms with Gasteiger partial charge < -0.3 is 15.2 Å². The predicted molar refractivity (Wildman–Crippen MR) is 92.1 cm³/mol. The van der Waals surface area contributed by atoms with Crippen LogP contribution in [0, 0.1) is 0 Å². The summed E-state index contributed by atoms with van der Waals surface area (Å²) in [5.41, 5.74) is 10.3. The SMILES string of the molecule is Cn1nc(-c2ccccc2)cc1C(CN)c1ccc2c(c1)OCO2. The van der Waals surface area contributed by atoms with Crippen LogP contribution in [0.15, 0.2) is 54.6 Å². The molecule has 2 aromatic carbocycles. The first kappa shape index (κ1) is 14.8. The van der Waals surface area contributed by atoms with E-state index < -0.39 is 0 Å². The molecule has 0 radical (unpaired) electrons. The minimum atomic E-state index is 0.0504. The zero-order valence-corrected chi connectivity index (χ0v) is 13.5. The van der Waals surface area contributed by atoms with Gasteiger partial charge in [0.25, 0.3) is 0 Å². The van der Waals surface area contributed by atoms with Gasteiger partial charge in [0.05, 0.1) is 5.69 Å². The van der Waals surface area contributed by atoms with Crippen molar-refractivity contribution in [2.75, 3.05) is 13.3 Å². The van der Waals surface area contributed by atoms with Crippen LogP contribution in [-0.2, 0) is 7.05 Å². The number of rotatable bonds is 4. The molecule has 24 heavy (non-hydrogen) atoms. The van der Waals surface area contributed by atoms with Crippen LogP contribution in [0.3, 0.4) is 0 Å². The minimum Gasteiger partial charge on any atom is -0.454 e. The lowest BCUT2D eigenvalue weighted by Gasteiger charge is -2.16. The Morgan fingerprint density at radius 2 is 1.88 bits per heavy atom. The third-order valence-electron chi connectivity index (χ3n) is 4.38. The number of nitrogens with zero attached hydrogens (tertiary/aromatic N) is 2. The molecule has 0 bridgehead atoms. The second-order valence-electron chi connectivity index (χ2n) is 5.85. The van der Waals surface area contributed by atoms with Crippen molar-refractivity contribution in [2.24, 2.45) is 12.8 Å². The van der Waals surface area contributed by atoms with Crippen molar-refractivity contribution in [1.82, 2.24) is 9.78 Å². The van der Waals surface area contributed by atoms with Gasteiger partial charge in [-0.25, -0.2) is 0 Å². The molecule has 1 aromatic heterocycles. The molecule has 1 aliphatic heterocycles. The Morgan fingerprint density at radius 3 is 2.67 bits per heavy atom. The Hall–Kier alpha value is -2.79. The molecule has 122 valence electrons. The van der Waals surface area contributed by atoms with Gasteiger partial charge in [0.15, 0.2) is 11.5 Å². The fourth-order valence-electron chi connectivity index (χ4n) is 3.12. The molecule has 0 saturated carbocycles. The van der Waals surface area contributed by atoms with Crippen LogP contribution in [0.5, 0.6) is 11.5 Å². The summed E-state index contributed by atoms with van der Waals surface area (Å²) in [7, 11) is 1.96. The van der Waals surface area contributed by atoms with Gasteiger partial charge in [0.1, 0.15) is 0 Å². The van der Waals surface area contributed by atoms with E-state index in [1.807, 2.05) is 48.1 Å². The van der Waals surface area contributed by atoms with Crippen molar-refractivity contribution in [1.29, 1.82) is 0 Å². The zero-order valence-electron chi connectivity index (χ0n) is 13.5. The lowest BCUT2D eigenvalue weighted by Crippen LogP contribution is -2.17. The Labute approximate surface area is 140 Å². The first-order valence-electron chi connectivity index (χ1n) is 7.95. The van der Waals surface area contributed by atoms with Gasteiger partial charge >= 0.3 is 0 Å². The summed E-state index contributed by atoms with van der Waals surface area (Å²) < 4.78 is 12.8. The Bertz CT molecular complexity index is 858. The van der Waals surface area contributed by atoms with Crippen molar-refractivity contribution in [3.8, 4) is 22.8 Å². The molecule has 0 fully saturated rings. The van der Waals surface area contributed by atoms with Gasteiger partial charge in [-0.3, -0.25) is 4.68 Å². The summed E-state index contributed by atoms with van der Waals surface area (Å²) in [4.78, 5) is 0. The van der Waals surface area contributed by atoms with E-state index in [1.54, 1.807) is 0 Å². The highest BCUT2D eigenvalue weighted by Crippen LogP contribution is 2.36. The van der Waals surface area contributed by atoms with Crippen LogP contribution in [0.2, 0.25) is 0 Å². The molecule has 0 aliphatic carbocycles. The largest absolute Gasteiger partial charge is 0.454 e. The highest BCUT2D eigenvalue weighted by Gasteiger charge is 2.21. The molecular weight excluding hydrogens is 302 g/mol. The molecular formula is C19H19N3O2. The molecule has 2 heterocycles. The van der Waals surface area contributed by atoms with E-state index in [1.165, 1.54) is 0 Å². The Kier molecular flexibility index (Phi) is 3.70. The van der Waals surface area contributed by atoms with Gasteiger partial charge in [0.2, 0.25) is 6.79 Å². The average Bonchev–Trinajstić information content (AvgIpc) is 3.23. The van der Waals surface area contributed by atoms with Crippen LogP contribution < -0.4 is 15.2 Å².